The number of hydrogen-bond donors (Lipinski definition) is 0. The minimum atomic E-state index is 0.370. The van der Waals surface area contributed by atoms with E-state index in [1.54, 1.807) is 0 Å². The lowest BCUT2D eigenvalue weighted by molar-refractivity contribution is -0.114. The summed E-state index contributed by atoms with van der Waals surface area (Å²) in [6, 6.07) is 0. The van der Waals surface area contributed by atoms with E-state index >= 15 is 0 Å². The standard InChI is InChI=1S/C11H14O/c12-8-5-4-7(6-8)11-9-2-1-3-10(9)11/h6,9-11H,1-5H2/t9-,10+,11?. The Bertz CT molecular complexity index is 254. The van der Waals surface area contributed by atoms with Crippen molar-refractivity contribution in [3.63, 3.8) is 0 Å². The van der Waals surface area contributed by atoms with E-state index in [0.29, 0.717) is 5.78 Å². The van der Waals surface area contributed by atoms with E-state index < -0.39 is 0 Å². The number of carbonyl (C=O) groups excluding carboxylic acids is 1. The normalized spacial score (nSPS) is 44.5. The highest BCUT2D eigenvalue weighted by molar-refractivity contribution is 5.93. The van der Waals surface area contributed by atoms with Crippen LogP contribution in [0.3, 0.4) is 0 Å². The fourth-order valence-electron chi connectivity index (χ4n) is 3.25. The van der Waals surface area contributed by atoms with Gasteiger partial charge in [0.25, 0.3) is 0 Å². The van der Waals surface area contributed by atoms with Gasteiger partial charge in [0.05, 0.1) is 0 Å². The van der Waals surface area contributed by atoms with Crippen LogP contribution in [0.15, 0.2) is 11.6 Å². The van der Waals surface area contributed by atoms with Crippen molar-refractivity contribution in [3.8, 4) is 0 Å². The molecule has 64 valence electrons. The van der Waals surface area contributed by atoms with Crippen molar-refractivity contribution >= 4 is 5.78 Å². The Labute approximate surface area is 72.8 Å². The Morgan fingerprint density at radius 3 is 2.50 bits per heavy atom. The topological polar surface area (TPSA) is 17.1 Å². The Hall–Kier alpha value is -0.590. The van der Waals surface area contributed by atoms with Crippen LogP contribution in [0.1, 0.15) is 32.1 Å². The van der Waals surface area contributed by atoms with E-state index in [1.165, 1.54) is 24.8 Å². The molecule has 0 aromatic heterocycles. The third kappa shape index (κ3) is 0.825. The highest BCUT2D eigenvalue weighted by Crippen LogP contribution is 2.61. The lowest BCUT2D eigenvalue weighted by atomic mass is 10.0. The van der Waals surface area contributed by atoms with Gasteiger partial charge in [0, 0.05) is 6.42 Å². The Morgan fingerprint density at radius 2 is 1.92 bits per heavy atom. The average Bonchev–Trinajstić information content (AvgIpc) is 2.55. The van der Waals surface area contributed by atoms with Gasteiger partial charge < -0.3 is 0 Å². The number of fused-ring (bicyclic) bond motifs is 1. The number of hydrogen-bond acceptors (Lipinski definition) is 1. The van der Waals surface area contributed by atoms with Gasteiger partial charge in [0.1, 0.15) is 0 Å². The predicted molar refractivity (Wildman–Crippen MR) is 46.6 cm³/mol. The molecule has 0 N–H and O–H groups in total. The van der Waals surface area contributed by atoms with Crippen LogP contribution in [0.5, 0.6) is 0 Å². The molecule has 3 aliphatic carbocycles. The van der Waals surface area contributed by atoms with Gasteiger partial charge in [0.15, 0.2) is 5.78 Å². The van der Waals surface area contributed by atoms with E-state index in [0.717, 1.165) is 30.6 Å². The summed E-state index contributed by atoms with van der Waals surface area (Å²) in [6.45, 7) is 0. The third-order valence-electron chi connectivity index (χ3n) is 3.84. The zero-order chi connectivity index (χ0) is 8.13. The molecule has 3 aliphatic rings. The minimum Gasteiger partial charge on any atom is -0.295 e. The summed E-state index contributed by atoms with van der Waals surface area (Å²) in [7, 11) is 0. The van der Waals surface area contributed by atoms with Crippen LogP contribution in [-0.2, 0) is 4.79 Å². The number of carbonyl (C=O) groups is 1. The van der Waals surface area contributed by atoms with Gasteiger partial charge >= 0.3 is 0 Å². The molecule has 0 spiro atoms. The van der Waals surface area contributed by atoms with E-state index in [1.807, 2.05) is 6.08 Å². The first-order valence-corrected chi connectivity index (χ1v) is 5.09. The van der Waals surface area contributed by atoms with Crippen molar-refractivity contribution in [2.45, 2.75) is 32.1 Å². The van der Waals surface area contributed by atoms with E-state index in [-0.39, 0.29) is 0 Å². The molecule has 0 aliphatic heterocycles. The molecule has 1 heteroatoms. The first-order chi connectivity index (χ1) is 5.86. The van der Waals surface area contributed by atoms with E-state index in [9.17, 15) is 4.79 Å². The van der Waals surface area contributed by atoms with Gasteiger partial charge in [-0.25, -0.2) is 0 Å². The largest absolute Gasteiger partial charge is 0.295 e. The van der Waals surface area contributed by atoms with Crippen molar-refractivity contribution < 1.29 is 4.79 Å². The van der Waals surface area contributed by atoms with E-state index in [2.05, 4.69) is 0 Å². The quantitative estimate of drug-likeness (QED) is 0.578. The summed E-state index contributed by atoms with van der Waals surface area (Å²) in [4.78, 5) is 11.0. The monoisotopic (exact) mass is 162 g/mol. The highest BCUT2D eigenvalue weighted by atomic mass is 16.1. The van der Waals surface area contributed by atoms with Crippen molar-refractivity contribution in [2.75, 3.05) is 0 Å². The van der Waals surface area contributed by atoms with Crippen molar-refractivity contribution in [3.05, 3.63) is 11.6 Å². The van der Waals surface area contributed by atoms with Crippen LogP contribution in [0.2, 0.25) is 0 Å². The van der Waals surface area contributed by atoms with Crippen molar-refractivity contribution in [1.29, 1.82) is 0 Å². The Kier molecular flexibility index (Phi) is 1.27. The minimum absolute atomic E-state index is 0.370. The molecule has 0 saturated heterocycles. The van der Waals surface area contributed by atoms with Crippen molar-refractivity contribution in [2.24, 2.45) is 17.8 Å². The molecular weight excluding hydrogens is 148 g/mol. The van der Waals surface area contributed by atoms with E-state index in [4.69, 9.17) is 0 Å². The summed E-state index contributed by atoms with van der Waals surface area (Å²) in [5.41, 5.74) is 1.50. The Morgan fingerprint density at radius 1 is 1.17 bits per heavy atom. The SMILES string of the molecule is O=C1C=C(C2[C@H]3CCC[C@@H]23)CC1. The maximum atomic E-state index is 11.0. The van der Waals surface area contributed by atoms with Gasteiger partial charge in [-0.1, -0.05) is 12.0 Å². The van der Waals surface area contributed by atoms with Crippen molar-refractivity contribution in [1.82, 2.24) is 0 Å². The second kappa shape index (κ2) is 2.21. The summed E-state index contributed by atoms with van der Waals surface area (Å²) in [5, 5.41) is 0. The smallest absolute Gasteiger partial charge is 0.155 e. The second-order valence-corrected chi connectivity index (χ2v) is 4.47. The lowest BCUT2D eigenvalue weighted by Gasteiger charge is -2.01. The molecule has 1 nitrogen and oxygen atoms in total. The van der Waals surface area contributed by atoms with Gasteiger partial charge in [-0.3, -0.25) is 4.79 Å². The molecule has 2 fully saturated rings. The second-order valence-electron chi connectivity index (χ2n) is 4.47. The molecule has 12 heavy (non-hydrogen) atoms. The van der Waals surface area contributed by atoms with Crippen LogP contribution in [-0.4, -0.2) is 5.78 Å². The zero-order valence-electron chi connectivity index (χ0n) is 7.25. The molecule has 1 unspecified atom stereocenters. The molecule has 0 heterocycles. The maximum Gasteiger partial charge on any atom is 0.155 e. The summed E-state index contributed by atoms with van der Waals surface area (Å²) in [5.74, 6) is 3.20. The summed E-state index contributed by atoms with van der Waals surface area (Å²) >= 11 is 0. The summed E-state index contributed by atoms with van der Waals surface area (Å²) in [6.07, 6.45) is 8.11. The zero-order valence-corrected chi connectivity index (χ0v) is 7.25. The predicted octanol–water partition coefficient (Wildman–Crippen LogP) is 2.32. The van der Waals surface area contributed by atoms with Crippen LogP contribution in [0.4, 0.5) is 0 Å². The van der Waals surface area contributed by atoms with Gasteiger partial charge in [-0.2, -0.15) is 0 Å². The molecule has 2 saturated carbocycles. The first kappa shape index (κ1) is 6.88. The molecule has 0 bridgehead atoms. The molecule has 0 aromatic rings. The lowest BCUT2D eigenvalue weighted by Crippen LogP contribution is -1.89. The third-order valence-corrected chi connectivity index (χ3v) is 3.84. The first-order valence-electron chi connectivity index (χ1n) is 5.09. The van der Waals surface area contributed by atoms with Crippen LogP contribution in [0.25, 0.3) is 0 Å². The van der Waals surface area contributed by atoms with Gasteiger partial charge in [-0.15, -0.1) is 0 Å². The molecular formula is C11H14O. The number of rotatable bonds is 1. The van der Waals surface area contributed by atoms with Crippen LogP contribution >= 0.6 is 0 Å². The van der Waals surface area contributed by atoms with Crippen LogP contribution < -0.4 is 0 Å². The molecule has 0 aromatic carbocycles. The summed E-state index contributed by atoms with van der Waals surface area (Å²) < 4.78 is 0. The van der Waals surface area contributed by atoms with Crippen LogP contribution in [0, 0.1) is 17.8 Å². The van der Waals surface area contributed by atoms with Gasteiger partial charge in [0.2, 0.25) is 0 Å². The molecule has 3 atom stereocenters. The molecule has 3 rings (SSSR count). The Balaban J connectivity index is 1.76. The fourth-order valence-corrected chi connectivity index (χ4v) is 3.25. The maximum absolute atomic E-state index is 11.0. The number of ketones is 1. The van der Waals surface area contributed by atoms with Gasteiger partial charge in [-0.05, 0) is 43.1 Å². The molecule has 0 radical (unpaired) electrons. The highest BCUT2D eigenvalue weighted by Gasteiger charge is 2.54. The fraction of sp³-hybridized carbons (Fsp3) is 0.727. The molecule has 0 amide bonds. The average molecular weight is 162 g/mol. The number of allylic oxidation sites excluding steroid dienone is 2.